The van der Waals surface area contributed by atoms with Crippen molar-refractivity contribution in [3.63, 3.8) is 0 Å². The SMILES string of the molecule is O=C(O)c1cc2c(nc1N1CC[C@@]3(CCCN(CC4CC4)C3)C1)CCC2. The number of hydrogen-bond acceptors (Lipinski definition) is 4. The van der Waals surface area contributed by atoms with Crippen LogP contribution in [0.2, 0.25) is 0 Å². The second-order valence-corrected chi connectivity index (χ2v) is 9.08. The second-order valence-electron chi connectivity index (χ2n) is 9.08. The summed E-state index contributed by atoms with van der Waals surface area (Å²) in [5, 5.41) is 9.73. The summed E-state index contributed by atoms with van der Waals surface area (Å²) in [5.41, 5.74) is 3.02. The van der Waals surface area contributed by atoms with Crippen molar-refractivity contribution >= 4 is 11.8 Å². The van der Waals surface area contributed by atoms with E-state index in [2.05, 4.69) is 9.80 Å². The molecule has 0 radical (unpaired) electrons. The highest BCUT2D eigenvalue weighted by molar-refractivity contribution is 5.93. The first-order valence-corrected chi connectivity index (χ1v) is 10.4. The second kappa shape index (κ2) is 6.22. The van der Waals surface area contributed by atoms with Gasteiger partial charge in [-0.2, -0.15) is 0 Å². The number of carboxylic acids is 1. The van der Waals surface area contributed by atoms with E-state index in [4.69, 9.17) is 4.98 Å². The smallest absolute Gasteiger partial charge is 0.339 e. The molecule has 0 amide bonds. The summed E-state index contributed by atoms with van der Waals surface area (Å²) < 4.78 is 0. The Bertz CT molecular complexity index is 730. The maximum absolute atomic E-state index is 11.9. The Morgan fingerprint density at radius 2 is 2.08 bits per heavy atom. The maximum atomic E-state index is 11.9. The summed E-state index contributed by atoms with van der Waals surface area (Å²) >= 11 is 0. The predicted octanol–water partition coefficient (Wildman–Crippen LogP) is 2.97. The summed E-state index contributed by atoms with van der Waals surface area (Å²) in [4.78, 5) is 21.7. The van der Waals surface area contributed by atoms with E-state index in [1.165, 1.54) is 51.7 Å². The Labute approximate surface area is 155 Å². The van der Waals surface area contributed by atoms with Crippen LogP contribution in [0.5, 0.6) is 0 Å². The number of aryl methyl sites for hydroxylation is 2. The first kappa shape index (κ1) is 16.5. The molecule has 2 saturated heterocycles. The molecule has 2 aliphatic heterocycles. The number of aromatic nitrogens is 1. The van der Waals surface area contributed by atoms with Crippen molar-refractivity contribution in [3.8, 4) is 0 Å². The number of aromatic carboxylic acids is 1. The van der Waals surface area contributed by atoms with Gasteiger partial charge < -0.3 is 14.9 Å². The zero-order valence-electron chi connectivity index (χ0n) is 15.5. The lowest BCUT2D eigenvalue weighted by molar-refractivity contribution is 0.0696. The van der Waals surface area contributed by atoms with Crippen molar-refractivity contribution in [1.29, 1.82) is 0 Å². The Morgan fingerprint density at radius 3 is 2.88 bits per heavy atom. The van der Waals surface area contributed by atoms with Crippen molar-refractivity contribution in [2.45, 2.75) is 51.4 Å². The van der Waals surface area contributed by atoms with Gasteiger partial charge in [0.15, 0.2) is 0 Å². The van der Waals surface area contributed by atoms with Gasteiger partial charge in [0, 0.05) is 37.3 Å². The lowest BCUT2D eigenvalue weighted by atomic mass is 9.79. The Hall–Kier alpha value is -1.62. The van der Waals surface area contributed by atoms with Crippen molar-refractivity contribution in [3.05, 3.63) is 22.9 Å². The maximum Gasteiger partial charge on any atom is 0.339 e. The largest absolute Gasteiger partial charge is 0.478 e. The molecule has 5 nitrogen and oxygen atoms in total. The molecule has 1 N–H and O–H groups in total. The van der Waals surface area contributed by atoms with Crippen LogP contribution in [-0.4, -0.2) is 53.7 Å². The fourth-order valence-electron chi connectivity index (χ4n) is 5.44. The first-order valence-electron chi connectivity index (χ1n) is 10.4. The molecule has 4 aliphatic rings. The third-order valence-electron chi connectivity index (χ3n) is 6.95. The van der Waals surface area contributed by atoms with Gasteiger partial charge in [-0.3, -0.25) is 0 Å². The molecular weight excluding hydrogens is 326 g/mol. The zero-order valence-corrected chi connectivity index (χ0v) is 15.5. The van der Waals surface area contributed by atoms with Crippen LogP contribution in [0, 0.1) is 11.3 Å². The normalized spacial score (nSPS) is 28.7. The van der Waals surface area contributed by atoms with Gasteiger partial charge in [-0.15, -0.1) is 0 Å². The number of carboxylic acid groups (broad SMARTS) is 1. The summed E-state index contributed by atoms with van der Waals surface area (Å²) in [5.74, 6) is 0.844. The molecule has 1 saturated carbocycles. The fourth-order valence-corrected chi connectivity index (χ4v) is 5.44. The van der Waals surface area contributed by atoms with Gasteiger partial charge >= 0.3 is 5.97 Å². The van der Waals surface area contributed by atoms with Gasteiger partial charge in [-0.05, 0) is 75.5 Å². The number of nitrogens with zero attached hydrogens (tertiary/aromatic N) is 3. The highest BCUT2D eigenvalue weighted by Crippen LogP contribution is 2.42. The fraction of sp³-hybridized carbons (Fsp3) is 0.714. The number of likely N-dealkylation sites (tertiary alicyclic amines) is 1. The zero-order chi connectivity index (χ0) is 17.7. The number of pyridine rings is 1. The third-order valence-corrected chi connectivity index (χ3v) is 6.95. The molecule has 3 heterocycles. The summed E-state index contributed by atoms with van der Waals surface area (Å²) in [6.45, 7) is 5.63. The Morgan fingerprint density at radius 1 is 1.19 bits per heavy atom. The average Bonchev–Trinajstić information content (AvgIpc) is 3.16. The van der Waals surface area contributed by atoms with Crippen molar-refractivity contribution in [2.24, 2.45) is 11.3 Å². The van der Waals surface area contributed by atoms with E-state index in [9.17, 15) is 9.90 Å². The Balaban J connectivity index is 1.38. The standard InChI is InChI=1S/C21H29N3O2/c25-20(26)17-11-16-3-1-4-18(16)22-19(17)24-10-8-21(14-24)7-2-9-23(13-21)12-15-5-6-15/h11,15H,1-10,12-14H2,(H,25,26)/t21-/m1/s1. The molecule has 5 rings (SSSR count). The number of anilines is 1. The predicted molar refractivity (Wildman–Crippen MR) is 101 cm³/mol. The van der Waals surface area contributed by atoms with E-state index in [1.54, 1.807) is 0 Å². The van der Waals surface area contributed by atoms with Gasteiger partial charge in [0.2, 0.25) is 0 Å². The van der Waals surface area contributed by atoms with E-state index in [1.807, 2.05) is 6.07 Å². The number of rotatable bonds is 4. The van der Waals surface area contributed by atoms with Gasteiger partial charge in [-0.25, -0.2) is 9.78 Å². The molecule has 140 valence electrons. The van der Waals surface area contributed by atoms with Crippen molar-refractivity contribution in [1.82, 2.24) is 9.88 Å². The molecule has 2 aliphatic carbocycles. The minimum atomic E-state index is -0.831. The molecule has 0 bridgehead atoms. The van der Waals surface area contributed by atoms with Crippen LogP contribution in [0.3, 0.4) is 0 Å². The van der Waals surface area contributed by atoms with Crippen LogP contribution in [0.4, 0.5) is 5.82 Å². The van der Waals surface area contributed by atoms with Crippen molar-refractivity contribution in [2.75, 3.05) is 37.6 Å². The molecule has 26 heavy (non-hydrogen) atoms. The van der Waals surface area contributed by atoms with E-state index in [0.29, 0.717) is 11.0 Å². The molecule has 0 unspecified atom stereocenters. The molecule has 3 fully saturated rings. The van der Waals surface area contributed by atoms with E-state index >= 15 is 0 Å². The molecular formula is C21H29N3O2. The van der Waals surface area contributed by atoms with Crippen LogP contribution < -0.4 is 4.90 Å². The average molecular weight is 355 g/mol. The van der Waals surface area contributed by atoms with Crippen LogP contribution in [0.1, 0.15) is 60.1 Å². The summed E-state index contributed by atoms with van der Waals surface area (Å²) in [7, 11) is 0. The minimum Gasteiger partial charge on any atom is -0.478 e. The molecule has 1 aromatic heterocycles. The summed E-state index contributed by atoms with van der Waals surface area (Å²) in [6, 6.07) is 1.90. The minimum absolute atomic E-state index is 0.337. The third kappa shape index (κ3) is 3.00. The van der Waals surface area contributed by atoms with Gasteiger partial charge in [0.1, 0.15) is 11.4 Å². The lowest BCUT2D eigenvalue weighted by Gasteiger charge is -2.40. The number of piperidine rings is 1. The molecule has 0 aromatic carbocycles. The molecule has 5 heteroatoms. The highest BCUT2D eigenvalue weighted by atomic mass is 16.4. The number of carbonyl (C=O) groups is 1. The number of hydrogen-bond donors (Lipinski definition) is 1. The van der Waals surface area contributed by atoms with E-state index < -0.39 is 5.97 Å². The van der Waals surface area contributed by atoms with Crippen molar-refractivity contribution < 1.29 is 9.90 Å². The molecule has 1 aromatic rings. The van der Waals surface area contributed by atoms with Gasteiger partial charge in [0.05, 0.1) is 0 Å². The monoisotopic (exact) mass is 355 g/mol. The van der Waals surface area contributed by atoms with E-state index in [-0.39, 0.29) is 0 Å². The highest BCUT2D eigenvalue weighted by Gasteiger charge is 2.43. The van der Waals surface area contributed by atoms with Crippen LogP contribution in [0.15, 0.2) is 6.07 Å². The first-order chi connectivity index (χ1) is 12.6. The summed E-state index contributed by atoms with van der Waals surface area (Å²) in [6.07, 6.45) is 9.63. The van der Waals surface area contributed by atoms with Crippen LogP contribution in [0.25, 0.3) is 0 Å². The van der Waals surface area contributed by atoms with Gasteiger partial charge in [-0.1, -0.05) is 0 Å². The lowest BCUT2D eigenvalue weighted by Crippen LogP contribution is -2.45. The van der Waals surface area contributed by atoms with Crippen LogP contribution in [-0.2, 0) is 12.8 Å². The Kier molecular flexibility index (Phi) is 3.96. The number of fused-ring (bicyclic) bond motifs is 1. The van der Waals surface area contributed by atoms with Gasteiger partial charge in [0.25, 0.3) is 0 Å². The quantitative estimate of drug-likeness (QED) is 0.900. The topological polar surface area (TPSA) is 56.7 Å². The van der Waals surface area contributed by atoms with E-state index in [0.717, 1.165) is 55.3 Å². The molecule has 1 atom stereocenters. The molecule has 1 spiro atoms. The van der Waals surface area contributed by atoms with Crippen LogP contribution >= 0.6 is 0 Å².